The summed E-state index contributed by atoms with van der Waals surface area (Å²) in [6.07, 6.45) is 1.88. The first-order valence-corrected chi connectivity index (χ1v) is 23.1. The molecular weight excluding hydrogens is 773 g/mol. The average Bonchev–Trinajstić information content (AvgIpc) is 3.93. The van der Waals surface area contributed by atoms with Crippen LogP contribution in [-0.2, 0) is 16.5 Å². The van der Waals surface area contributed by atoms with E-state index in [1.54, 1.807) is 0 Å². The fourth-order valence-corrected chi connectivity index (χ4v) is 11.8. The van der Waals surface area contributed by atoms with Crippen LogP contribution in [-0.4, -0.2) is 0 Å². The smallest absolute Gasteiger partial charge is 0.0960 e. The predicted molar refractivity (Wildman–Crippen MR) is 273 cm³/mol. The molecule has 0 aliphatic heterocycles. The van der Waals surface area contributed by atoms with E-state index in [0.29, 0.717) is 0 Å². The number of rotatable bonds is 9. The van der Waals surface area contributed by atoms with Crippen LogP contribution < -0.4 is 9.80 Å². The molecule has 0 saturated heterocycles. The Morgan fingerprint density at radius 1 is 0.422 bits per heavy atom. The highest BCUT2D eigenvalue weighted by Crippen LogP contribution is 2.64. The average molecular weight is 825 g/mol. The molecule has 0 amide bonds. The van der Waals surface area contributed by atoms with Crippen LogP contribution in [0, 0.1) is 0 Å². The van der Waals surface area contributed by atoms with Crippen molar-refractivity contribution in [2.24, 2.45) is 0 Å². The summed E-state index contributed by atoms with van der Waals surface area (Å²) in [4.78, 5) is 5.29. The molecule has 2 unspecified atom stereocenters. The van der Waals surface area contributed by atoms with E-state index in [0.717, 1.165) is 12.8 Å². The minimum absolute atomic E-state index is 0.202. The van der Waals surface area contributed by atoms with Gasteiger partial charge in [0.05, 0.1) is 22.5 Å². The van der Waals surface area contributed by atoms with E-state index < -0.39 is 0 Å². The molecule has 12 rings (SSSR count). The van der Waals surface area contributed by atoms with Gasteiger partial charge in [-0.25, -0.2) is 0 Å². The van der Waals surface area contributed by atoms with Crippen LogP contribution in [0.3, 0.4) is 0 Å². The SMILES string of the molecule is CCC(C)(c1ccc2c(c1)C(C)(C)c1cc3c(cc1-2)C3(CC)N(c1ccccc1)c1cc2ccccc2c2ccccc12)N(c1ccccc1)c1cc2ccccc2c2ccccc12. The van der Waals surface area contributed by atoms with Gasteiger partial charge in [-0.3, -0.25) is 0 Å². The Kier molecular flexibility index (Phi) is 8.53. The summed E-state index contributed by atoms with van der Waals surface area (Å²) in [5.74, 6) is 0. The molecule has 0 spiro atoms. The Labute approximate surface area is 377 Å². The maximum atomic E-state index is 2.67. The first kappa shape index (κ1) is 38.5. The molecule has 2 aliphatic rings. The molecule has 0 fully saturated rings. The van der Waals surface area contributed by atoms with Gasteiger partial charge in [-0.2, -0.15) is 0 Å². The number of nitrogens with zero attached hydrogens (tertiary/aromatic N) is 2. The predicted octanol–water partition coefficient (Wildman–Crippen LogP) is 16.9. The molecule has 2 nitrogen and oxygen atoms in total. The van der Waals surface area contributed by atoms with Crippen molar-refractivity contribution in [3.05, 3.63) is 228 Å². The molecule has 64 heavy (non-hydrogen) atoms. The first-order valence-electron chi connectivity index (χ1n) is 23.1. The van der Waals surface area contributed by atoms with Crippen molar-refractivity contribution in [2.75, 3.05) is 9.80 Å². The van der Waals surface area contributed by atoms with Gasteiger partial charge in [0.25, 0.3) is 0 Å². The molecule has 0 bridgehead atoms. The van der Waals surface area contributed by atoms with Crippen molar-refractivity contribution >= 4 is 65.8 Å². The van der Waals surface area contributed by atoms with E-state index >= 15 is 0 Å². The molecule has 0 aromatic heterocycles. The molecule has 10 aromatic rings. The van der Waals surface area contributed by atoms with Gasteiger partial charge < -0.3 is 9.80 Å². The number of hydrogen-bond donors (Lipinski definition) is 0. The Hall–Kier alpha value is -7.16. The largest absolute Gasteiger partial charge is 0.331 e. The lowest BCUT2D eigenvalue weighted by atomic mass is 9.78. The van der Waals surface area contributed by atoms with Gasteiger partial charge in [0, 0.05) is 27.6 Å². The van der Waals surface area contributed by atoms with Crippen molar-refractivity contribution in [1.29, 1.82) is 0 Å². The highest BCUT2D eigenvalue weighted by atomic mass is 15.2. The Balaban J connectivity index is 1.01. The third kappa shape index (κ3) is 5.38. The second-order valence-electron chi connectivity index (χ2n) is 18.8. The molecule has 2 heteroatoms. The van der Waals surface area contributed by atoms with Crippen LogP contribution in [0.15, 0.2) is 200 Å². The summed E-state index contributed by atoms with van der Waals surface area (Å²) in [7, 11) is 0. The van der Waals surface area contributed by atoms with Gasteiger partial charge in [-0.15, -0.1) is 0 Å². The van der Waals surface area contributed by atoms with Crippen molar-refractivity contribution in [3.8, 4) is 11.1 Å². The van der Waals surface area contributed by atoms with Gasteiger partial charge in [0.2, 0.25) is 0 Å². The summed E-state index contributed by atoms with van der Waals surface area (Å²) in [6.45, 7) is 12.1. The first-order chi connectivity index (χ1) is 31.3. The maximum Gasteiger partial charge on any atom is 0.0960 e. The number of fused-ring (bicyclic) bond motifs is 10. The number of para-hydroxylation sites is 2. The van der Waals surface area contributed by atoms with E-state index in [4.69, 9.17) is 0 Å². The number of benzene rings is 10. The van der Waals surface area contributed by atoms with Crippen LogP contribution in [0.5, 0.6) is 0 Å². The Morgan fingerprint density at radius 3 is 1.50 bits per heavy atom. The lowest BCUT2D eigenvalue weighted by Gasteiger charge is -2.44. The van der Waals surface area contributed by atoms with Gasteiger partial charge in [0.1, 0.15) is 0 Å². The Morgan fingerprint density at radius 2 is 0.906 bits per heavy atom. The summed E-state index contributed by atoms with van der Waals surface area (Å²) in [5, 5.41) is 10.2. The lowest BCUT2D eigenvalue weighted by molar-refractivity contribution is 0.463. The normalized spacial score (nSPS) is 16.6. The fourth-order valence-electron chi connectivity index (χ4n) is 11.8. The topological polar surface area (TPSA) is 6.48 Å². The minimum Gasteiger partial charge on any atom is -0.331 e. The zero-order valence-corrected chi connectivity index (χ0v) is 37.4. The maximum absolute atomic E-state index is 2.67. The molecule has 2 atom stereocenters. The molecule has 2 aliphatic carbocycles. The monoisotopic (exact) mass is 824 g/mol. The van der Waals surface area contributed by atoms with E-state index in [1.807, 2.05) is 0 Å². The number of anilines is 4. The van der Waals surface area contributed by atoms with Gasteiger partial charge in [-0.05, 0) is 133 Å². The fraction of sp³-hybridized carbons (Fsp3) is 0.161. The van der Waals surface area contributed by atoms with Crippen LogP contribution >= 0.6 is 0 Å². The standard InChI is InChI=1S/C62H52N2/c1-6-61(5,63(44-24-10-8-11-25-44)58-36-41-22-14-16-28-46(41)48-30-18-20-32-51(48)58)43-34-35-50-53-39-56-57(40-55(53)60(3,4)54(50)38-43)62(56,7-2)64(45-26-12-9-13-27-45)59-37-42-23-15-17-29-47(42)49-31-19-21-33-52(49)59/h8-40H,6-7H2,1-5H3. The molecule has 0 heterocycles. The quantitative estimate of drug-likeness (QED) is 0.134. The van der Waals surface area contributed by atoms with E-state index in [1.165, 1.54) is 105 Å². The summed E-state index contributed by atoms with van der Waals surface area (Å²) in [5.41, 5.74) is 13.8. The minimum atomic E-state index is -0.365. The van der Waals surface area contributed by atoms with Crippen LogP contribution in [0.1, 0.15) is 75.3 Å². The van der Waals surface area contributed by atoms with E-state index in [-0.39, 0.29) is 16.5 Å². The second-order valence-corrected chi connectivity index (χ2v) is 18.8. The molecule has 0 N–H and O–H groups in total. The van der Waals surface area contributed by atoms with Gasteiger partial charge in [0.15, 0.2) is 0 Å². The molecule has 0 radical (unpaired) electrons. The van der Waals surface area contributed by atoms with Crippen molar-refractivity contribution in [3.63, 3.8) is 0 Å². The van der Waals surface area contributed by atoms with E-state index in [9.17, 15) is 0 Å². The zero-order chi connectivity index (χ0) is 43.4. The van der Waals surface area contributed by atoms with Crippen molar-refractivity contribution in [2.45, 2.75) is 64.0 Å². The van der Waals surface area contributed by atoms with Crippen LogP contribution in [0.25, 0.3) is 54.2 Å². The molecular formula is C62H52N2. The third-order valence-corrected chi connectivity index (χ3v) is 15.3. The molecule has 310 valence electrons. The lowest BCUT2D eigenvalue weighted by Crippen LogP contribution is -2.41. The summed E-state index contributed by atoms with van der Waals surface area (Å²) >= 11 is 0. The van der Waals surface area contributed by atoms with Gasteiger partial charge in [-0.1, -0.05) is 185 Å². The summed E-state index contributed by atoms with van der Waals surface area (Å²) in [6, 6.07) is 75.2. The highest BCUT2D eigenvalue weighted by Gasteiger charge is 2.56. The second kappa shape index (κ2) is 14.2. The van der Waals surface area contributed by atoms with Gasteiger partial charge >= 0.3 is 0 Å². The van der Waals surface area contributed by atoms with Crippen molar-refractivity contribution < 1.29 is 0 Å². The van der Waals surface area contributed by atoms with E-state index in [2.05, 4.69) is 245 Å². The Bertz CT molecular complexity index is 3480. The molecule has 10 aromatic carbocycles. The molecule has 0 saturated carbocycles. The van der Waals surface area contributed by atoms with Crippen LogP contribution in [0.2, 0.25) is 0 Å². The summed E-state index contributed by atoms with van der Waals surface area (Å²) < 4.78 is 0. The van der Waals surface area contributed by atoms with Crippen molar-refractivity contribution in [1.82, 2.24) is 0 Å². The number of hydrogen-bond acceptors (Lipinski definition) is 2. The van der Waals surface area contributed by atoms with Crippen LogP contribution in [0.4, 0.5) is 22.7 Å². The highest BCUT2D eigenvalue weighted by molar-refractivity contribution is 6.15. The third-order valence-electron chi connectivity index (χ3n) is 15.3. The zero-order valence-electron chi connectivity index (χ0n) is 37.4.